The van der Waals surface area contributed by atoms with Crippen LogP contribution in [0.4, 0.5) is 5.69 Å². The molecule has 1 atom stereocenters. The van der Waals surface area contributed by atoms with Crippen LogP contribution in [0.25, 0.3) is 0 Å². The zero-order valence-electron chi connectivity index (χ0n) is 16.9. The van der Waals surface area contributed by atoms with Crippen molar-refractivity contribution in [3.05, 3.63) is 93.4 Å². The number of hydrogen-bond donors (Lipinski definition) is 1. The summed E-state index contributed by atoms with van der Waals surface area (Å²) in [7, 11) is 0. The van der Waals surface area contributed by atoms with Crippen LogP contribution in [-0.2, 0) is 6.54 Å². The van der Waals surface area contributed by atoms with Crippen LogP contribution in [0.5, 0.6) is 0 Å². The first-order chi connectivity index (χ1) is 14.1. The number of halogens is 1. The average Bonchev–Trinajstić information content (AvgIpc) is 2.77. The summed E-state index contributed by atoms with van der Waals surface area (Å²) in [5, 5.41) is 7.83. The predicted octanol–water partition coefficient (Wildman–Crippen LogP) is 4.44. The third kappa shape index (κ3) is 5.25. The molecule has 2 aromatic carbocycles. The molecular formula is C23H27ClN4O. The van der Waals surface area contributed by atoms with Crippen LogP contribution >= 0.6 is 11.6 Å². The van der Waals surface area contributed by atoms with Crippen molar-refractivity contribution in [3.8, 4) is 0 Å². The molecule has 0 saturated carbocycles. The minimum atomic E-state index is -0.292. The van der Waals surface area contributed by atoms with E-state index in [1.54, 1.807) is 6.20 Å². The van der Waals surface area contributed by atoms with E-state index in [4.69, 9.17) is 11.6 Å². The maximum absolute atomic E-state index is 12.7. The lowest BCUT2D eigenvalue weighted by Crippen LogP contribution is -2.33. The van der Waals surface area contributed by atoms with Crippen molar-refractivity contribution in [3.63, 3.8) is 0 Å². The zero-order chi connectivity index (χ0) is 20.6. The van der Waals surface area contributed by atoms with Crippen LogP contribution < -0.4 is 10.9 Å². The lowest BCUT2D eigenvalue weighted by Gasteiger charge is -2.30. The zero-order valence-corrected chi connectivity index (χ0v) is 17.6. The molecule has 1 heterocycles. The minimum Gasteiger partial charge on any atom is -0.380 e. The summed E-state index contributed by atoms with van der Waals surface area (Å²) >= 11 is 6.39. The Labute approximate surface area is 176 Å². The van der Waals surface area contributed by atoms with Gasteiger partial charge in [-0.1, -0.05) is 86.1 Å². The highest BCUT2D eigenvalue weighted by molar-refractivity contribution is 6.32. The summed E-state index contributed by atoms with van der Waals surface area (Å²) in [5.74, 6) is 0. The number of hydrogen-bond acceptors (Lipinski definition) is 4. The van der Waals surface area contributed by atoms with E-state index in [1.165, 1.54) is 10.2 Å². The van der Waals surface area contributed by atoms with Gasteiger partial charge in [-0.3, -0.25) is 9.69 Å². The second kappa shape index (κ2) is 10.2. The third-order valence-electron chi connectivity index (χ3n) is 5.08. The second-order valence-electron chi connectivity index (χ2n) is 6.85. The molecule has 29 heavy (non-hydrogen) atoms. The Kier molecular flexibility index (Phi) is 7.44. The molecule has 152 valence electrons. The summed E-state index contributed by atoms with van der Waals surface area (Å²) in [6, 6.07) is 20.3. The Morgan fingerprint density at radius 1 is 1.03 bits per heavy atom. The molecule has 3 aromatic rings. The topological polar surface area (TPSA) is 50.2 Å². The molecule has 0 aliphatic rings. The molecule has 0 aliphatic carbocycles. The molecule has 1 N–H and O–H groups in total. The van der Waals surface area contributed by atoms with Crippen LogP contribution in [-0.4, -0.2) is 34.3 Å². The Bertz CT molecular complexity index is 956. The van der Waals surface area contributed by atoms with Crippen molar-refractivity contribution >= 4 is 17.3 Å². The normalized spacial score (nSPS) is 12.1. The lowest BCUT2D eigenvalue weighted by molar-refractivity contribution is 0.228. The Balaban J connectivity index is 1.78. The standard InChI is InChI=1S/C23H27ClN4O/c1-3-27(4-2)21(19-13-9-6-10-14-19)16-25-20-15-26-28(23(29)22(20)24)17-18-11-7-5-8-12-18/h5-15,21,25H,3-4,16-17H2,1-2H3. The first kappa shape index (κ1) is 21.1. The third-order valence-corrected chi connectivity index (χ3v) is 5.45. The maximum Gasteiger partial charge on any atom is 0.287 e. The fourth-order valence-electron chi connectivity index (χ4n) is 3.46. The molecule has 0 amide bonds. The molecule has 3 rings (SSSR count). The van der Waals surface area contributed by atoms with Crippen molar-refractivity contribution in [2.75, 3.05) is 25.0 Å². The van der Waals surface area contributed by atoms with E-state index in [2.05, 4.69) is 41.3 Å². The Morgan fingerprint density at radius 3 is 2.28 bits per heavy atom. The summed E-state index contributed by atoms with van der Waals surface area (Å²) < 4.78 is 1.39. The molecule has 0 saturated heterocycles. The number of rotatable bonds is 9. The maximum atomic E-state index is 12.7. The molecule has 5 nitrogen and oxygen atoms in total. The van der Waals surface area contributed by atoms with E-state index in [1.807, 2.05) is 48.5 Å². The average molecular weight is 411 g/mol. The number of nitrogens with zero attached hydrogens (tertiary/aromatic N) is 3. The van der Waals surface area contributed by atoms with Crippen LogP contribution in [0.2, 0.25) is 5.02 Å². The van der Waals surface area contributed by atoms with Crippen LogP contribution in [0.15, 0.2) is 71.7 Å². The van der Waals surface area contributed by atoms with Gasteiger partial charge in [0.15, 0.2) is 0 Å². The van der Waals surface area contributed by atoms with Gasteiger partial charge >= 0.3 is 0 Å². The SMILES string of the molecule is CCN(CC)C(CNc1cnn(Cc2ccccc2)c(=O)c1Cl)c1ccccc1. The molecule has 0 spiro atoms. The highest BCUT2D eigenvalue weighted by Crippen LogP contribution is 2.23. The number of aromatic nitrogens is 2. The van der Waals surface area contributed by atoms with E-state index in [9.17, 15) is 4.79 Å². The fourth-order valence-corrected chi connectivity index (χ4v) is 3.67. The first-order valence-corrected chi connectivity index (χ1v) is 10.3. The van der Waals surface area contributed by atoms with E-state index < -0.39 is 0 Å². The van der Waals surface area contributed by atoms with Crippen LogP contribution in [0.3, 0.4) is 0 Å². The monoisotopic (exact) mass is 410 g/mol. The largest absolute Gasteiger partial charge is 0.380 e. The number of benzene rings is 2. The quantitative estimate of drug-likeness (QED) is 0.566. The van der Waals surface area contributed by atoms with Crippen molar-refractivity contribution in [1.82, 2.24) is 14.7 Å². The van der Waals surface area contributed by atoms with Gasteiger partial charge in [0.25, 0.3) is 5.56 Å². The molecule has 1 unspecified atom stereocenters. The van der Waals surface area contributed by atoms with Gasteiger partial charge in [0, 0.05) is 6.54 Å². The van der Waals surface area contributed by atoms with Crippen LogP contribution in [0.1, 0.15) is 31.0 Å². The molecule has 0 aliphatic heterocycles. The molecular weight excluding hydrogens is 384 g/mol. The molecule has 0 radical (unpaired) electrons. The number of anilines is 1. The molecule has 1 aromatic heterocycles. The van der Waals surface area contributed by atoms with Gasteiger partial charge in [-0.15, -0.1) is 0 Å². The van der Waals surface area contributed by atoms with Gasteiger partial charge in [-0.2, -0.15) is 5.10 Å². The van der Waals surface area contributed by atoms with Crippen LogP contribution in [0, 0.1) is 0 Å². The lowest BCUT2D eigenvalue weighted by atomic mass is 10.1. The summed E-state index contributed by atoms with van der Waals surface area (Å²) in [5.41, 5.74) is 2.50. The smallest absolute Gasteiger partial charge is 0.287 e. The Morgan fingerprint density at radius 2 is 1.66 bits per heavy atom. The first-order valence-electron chi connectivity index (χ1n) is 9.96. The van der Waals surface area contributed by atoms with E-state index in [-0.39, 0.29) is 16.6 Å². The molecule has 0 bridgehead atoms. The van der Waals surface area contributed by atoms with Gasteiger partial charge in [0.05, 0.1) is 24.5 Å². The Hall–Kier alpha value is -2.63. The minimum absolute atomic E-state index is 0.169. The number of likely N-dealkylation sites (N-methyl/N-ethyl adjacent to an activating group) is 1. The predicted molar refractivity (Wildman–Crippen MR) is 120 cm³/mol. The fraction of sp³-hybridized carbons (Fsp3) is 0.304. The van der Waals surface area contributed by atoms with Crippen molar-refractivity contribution in [2.24, 2.45) is 0 Å². The van der Waals surface area contributed by atoms with Gasteiger partial charge in [-0.25, -0.2) is 4.68 Å². The van der Waals surface area contributed by atoms with Gasteiger partial charge in [0.1, 0.15) is 5.02 Å². The highest BCUT2D eigenvalue weighted by Gasteiger charge is 2.19. The molecule has 6 heteroatoms. The van der Waals surface area contributed by atoms with Gasteiger partial charge < -0.3 is 5.32 Å². The molecule has 0 fully saturated rings. The number of nitrogens with one attached hydrogen (secondary N) is 1. The highest BCUT2D eigenvalue weighted by atomic mass is 35.5. The van der Waals surface area contributed by atoms with E-state index in [0.717, 1.165) is 18.7 Å². The second-order valence-corrected chi connectivity index (χ2v) is 7.23. The van der Waals surface area contributed by atoms with Gasteiger partial charge in [0.2, 0.25) is 0 Å². The van der Waals surface area contributed by atoms with Crippen molar-refractivity contribution in [2.45, 2.75) is 26.4 Å². The summed E-state index contributed by atoms with van der Waals surface area (Å²) in [4.78, 5) is 15.0. The summed E-state index contributed by atoms with van der Waals surface area (Å²) in [6.45, 7) is 7.20. The van der Waals surface area contributed by atoms with E-state index >= 15 is 0 Å². The van der Waals surface area contributed by atoms with Crippen molar-refractivity contribution in [1.29, 1.82) is 0 Å². The van der Waals surface area contributed by atoms with Crippen molar-refractivity contribution < 1.29 is 0 Å². The van der Waals surface area contributed by atoms with E-state index in [0.29, 0.717) is 18.8 Å². The summed E-state index contributed by atoms with van der Waals surface area (Å²) in [6.07, 6.45) is 1.64. The van der Waals surface area contributed by atoms with Gasteiger partial charge in [-0.05, 0) is 24.2 Å².